The molecule has 1 amide bonds. The minimum atomic E-state index is -0.686. The highest BCUT2D eigenvalue weighted by Gasteiger charge is 2.06. The van der Waals surface area contributed by atoms with E-state index < -0.39 is 5.91 Å². The van der Waals surface area contributed by atoms with Gasteiger partial charge in [0.1, 0.15) is 22.0 Å². The van der Waals surface area contributed by atoms with E-state index in [-0.39, 0.29) is 17.2 Å². The van der Waals surface area contributed by atoms with E-state index in [1.165, 1.54) is 7.05 Å². The standard InChI is InChI=1S/C5H4B3NO2/c1-9(8)5(11)4(7)3(6)2-10/h2H,1H3/b4-3-. The Morgan fingerprint density at radius 3 is 2.18 bits per heavy atom. The van der Waals surface area contributed by atoms with Gasteiger partial charge < -0.3 is 4.81 Å². The molecule has 50 valence electrons. The zero-order valence-electron chi connectivity index (χ0n) is 6.07. The van der Waals surface area contributed by atoms with E-state index in [2.05, 4.69) is 0 Å². The van der Waals surface area contributed by atoms with Crippen molar-refractivity contribution in [1.82, 2.24) is 4.81 Å². The first-order valence-electron chi connectivity index (χ1n) is 2.73. The van der Waals surface area contributed by atoms with Crippen molar-refractivity contribution in [2.45, 2.75) is 0 Å². The van der Waals surface area contributed by atoms with Gasteiger partial charge in [-0.25, -0.2) is 0 Å². The van der Waals surface area contributed by atoms with Crippen molar-refractivity contribution in [2.24, 2.45) is 0 Å². The number of nitrogens with zero attached hydrogens (tertiary/aromatic N) is 1. The summed E-state index contributed by atoms with van der Waals surface area (Å²) in [6.45, 7) is 0. The number of amides is 1. The summed E-state index contributed by atoms with van der Waals surface area (Å²) < 4.78 is 0. The van der Waals surface area contributed by atoms with Crippen LogP contribution in [0.4, 0.5) is 0 Å². The highest BCUT2D eigenvalue weighted by molar-refractivity contribution is 6.47. The fourth-order valence-electron chi connectivity index (χ4n) is 0.377. The molecule has 0 aliphatic rings. The molecule has 0 aliphatic carbocycles. The third-order valence-corrected chi connectivity index (χ3v) is 0.989. The Kier molecular flexibility index (Phi) is 3.72. The molecule has 0 saturated heterocycles. The van der Waals surface area contributed by atoms with Crippen LogP contribution in [0.5, 0.6) is 0 Å². The van der Waals surface area contributed by atoms with Crippen LogP contribution in [0.25, 0.3) is 0 Å². The molecule has 11 heavy (non-hydrogen) atoms. The van der Waals surface area contributed by atoms with Crippen molar-refractivity contribution in [1.29, 1.82) is 0 Å². The molecule has 0 unspecified atom stereocenters. The largest absolute Gasteiger partial charge is 0.396 e. The number of carbonyl (C=O) groups is 2. The van der Waals surface area contributed by atoms with Gasteiger partial charge in [0.2, 0.25) is 13.9 Å². The predicted molar refractivity (Wildman–Crippen MR) is 43.1 cm³/mol. The molecule has 0 aromatic heterocycles. The predicted octanol–water partition coefficient (Wildman–Crippen LogP) is -1.72. The Morgan fingerprint density at radius 2 is 1.91 bits per heavy atom. The van der Waals surface area contributed by atoms with Crippen molar-refractivity contribution in [2.75, 3.05) is 7.05 Å². The maximum atomic E-state index is 10.8. The molecule has 0 rings (SSSR count). The van der Waals surface area contributed by atoms with Crippen LogP contribution < -0.4 is 0 Å². The third kappa shape index (κ3) is 2.66. The average molecular weight is 143 g/mol. The molecule has 0 aliphatic heterocycles. The number of carbonyl (C=O) groups excluding carboxylic acids is 2. The minimum Gasteiger partial charge on any atom is -0.396 e. The van der Waals surface area contributed by atoms with Crippen molar-refractivity contribution < 1.29 is 9.59 Å². The summed E-state index contributed by atoms with van der Waals surface area (Å²) in [5.74, 6) is -0.686. The number of aldehydes is 1. The van der Waals surface area contributed by atoms with Gasteiger partial charge in [-0.2, -0.15) is 0 Å². The molecule has 0 spiro atoms. The second kappa shape index (κ2) is 4.06. The van der Waals surface area contributed by atoms with Gasteiger partial charge in [0.05, 0.1) is 0 Å². The zero-order valence-corrected chi connectivity index (χ0v) is 6.07. The van der Waals surface area contributed by atoms with E-state index in [1.807, 2.05) is 0 Å². The number of hydrogen-bond acceptors (Lipinski definition) is 2. The monoisotopic (exact) mass is 143 g/mol. The molecule has 0 atom stereocenters. The van der Waals surface area contributed by atoms with Crippen LogP contribution >= 0.6 is 0 Å². The minimum absolute atomic E-state index is 0.288. The van der Waals surface area contributed by atoms with Gasteiger partial charge in [0.25, 0.3) is 0 Å². The van der Waals surface area contributed by atoms with Gasteiger partial charge in [-0.15, -0.1) is 0 Å². The van der Waals surface area contributed by atoms with Gasteiger partial charge in [-0.05, 0) is 12.5 Å². The van der Waals surface area contributed by atoms with Crippen LogP contribution in [0, 0.1) is 0 Å². The summed E-state index contributed by atoms with van der Waals surface area (Å²) in [6.07, 6.45) is 0.288. The normalized spacial score (nSPS) is 11.7. The molecule has 0 aromatic carbocycles. The number of rotatable bonds is 2. The van der Waals surface area contributed by atoms with Crippen molar-refractivity contribution in [3.63, 3.8) is 0 Å². The van der Waals surface area contributed by atoms with Crippen LogP contribution in [-0.4, -0.2) is 47.7 Å². The van der Waals surface area contributed by atoms with Gasteiger partial charge >= 0.3 is 0 Å². The quantitative estimate of drug-likeness (QED) is 0.261. The summed E-state index contributed by atoms with van der Waals surface area (Å²) in [5.41, 5.74) is -0.655. The molecular formula is C5H4B3NO2. The van der Waals surface area contributed by atoms with Crippen LogP contribution in [0.3, 0.4) is 0 Å². The van der Waals surface area contributed by atoms with E-state index in [0.717, 1.165) is 4.81 Å². The Balaban J connectivity index is 4.60. The van der Waals surface area contributed by atoms with Crippen LogP contribution in [0.2, 0.25) is 0 Å². The summed E-state index contributed by atoms with van der Waals surface area (Å²) in [7, 11) is 16.5. The van der Waals surface area contributed by atoms with E-state index >= 15 is 0 Å². The smallest absolute Gasteiger partial charge is 0.230 e. The van der Waals surface area contributed by atoms with Gasteiger partial charge in [-0.1, -0.05) is 5.47 Å². The van der Waals surface area contributed by atoms with E-state index in [0.29, 0.717) is 0 Å². The lowest BCUT2D eigenvalue weighted by atomic mass is 9.80. The maximum absolute atomic E-state index is 10.8. The Hall–Kier alpha value is -0.925. The maximum Gasteiger partial charge on any atom is 0.230 e. The molecule has 0 heterocycles. The SMILES string of the molecule is [B]/C(C=O)=C(\[B])C(=O)N([B])C. The van der Waals surface area contributed by atoms with Gasteiger partial charge in [-0.3, -0.25) is 9.59 Å². The number of allylic oxidation sites excluding steroid dienone is 1. The van der Waals surface area contributed by atoms with Crippen molar-refractivity contribution in [3.8, 4) is 0 Å². The fraction of sp³-hybridized carbons (Fsp3) is 0.200. The van der Waals surface area contributed by atoms with E-state index in [4.69, 9.17) is 23.7 Å². The van der Waals surface area contributed by atoms with E-state index in [9.17, 15) is 9.59 Å². The molecule has 3 nitrogen and oxygen atoms in total. The van der Waals surface area contributed by atoms with E-state index in [1.54, 1.807) is 0 Å². The molecule has 6 heteroatoms. The highest BCUT2D eigenvalue weighted by atomic mass is 16.2. The number of likely N-dealkylation sites (N-methyl/N-ethyl adjacent to an activating group) is 1. The van der Waals surface area contributed by atoms with Crippen LogP contribution in [0.1, 0.15) is 0 Å². The highest BCUT2D eigenvalue weighted by Crippen LogP contribution is 1.96. The number of hydrogen-bond donors (Lipinski definition) is 0. The van der Waals surface area contributed by atoms with Gasteiger partial charge in [0, 0.05) is 0 Å². The third-order valence-electron chi connectivity index (χ3n) is 0.989. The first kappa shape index (κ1) is 10.1. The average Bonchev–Trinajstić information content (AvgIpc) is 2.00. The summed E-state index contributed by atoms with van der Waals surface area (Å²) in [6, 6.07) is 0. The summed E-state index contributed by atoms with van der Waals surface area (Å²) in [5, 5.41) is 0. The lowest BCUT2D eigenvalue weighted by Gasteiger charge is -2.11. The van der Waals surface area contributed by atoms with Gasteiger partial charge in [0.15, 0.2) is 0 Å². The molecule has 0 aromatic rings. The summed E-state index contributed by atoms with van der Waals surface area (Å²) >= 11 is 0. The van der Waals surface area contributed by atoms with Crippen LogP contribution in [0.15, 0.2) is 10.9 Å². The second-order valence-electron chi connectivity index (χ2n) is 1.90. The Morgan fingerprint density at radius 1 is 1.45 bits per heavy atom. The molecule has 0 fully saturated rings. The molecule has 6 radical (unpaired) electrons. The summed E-state index contributed by atoms with van der Waals surface area (Å²) in [4.78, 5) is 21.6. The van der Waals surface area contributed by atoms with Crippen molar-refractivity contribution >= 4 is 35.9 Å². The zero-order chi connectivity index (χ0) is 9.02. The lowest BCUT2D eigenvalue weighted by Crippen LogP contribution is -2.26. The molecular weight excluding hydrogens is 138 g/mol. The fourth-order valence-corrected chi connectivity index (χ4v) is 0.377. The Labute approximate surface area is 69.1 Å². The molecule has 0 bridgehead atoms. The second-order valence-corrected chi connectivity index (χ2v) is 1.90. The molecule has 0 saturated carbocycles. The lowest BCUT2D eigenvalue weighted by molar-refractivity contribution is -0.121. The Bertz CT molecular complexity index is 212. The first-order valence-corrected chi connectivity index (χ1v) is 2.73. The first-order chi connectivity index (χ1) is 5.00. The van der Waals surface area contributed by atoms with Crippen molar-refractivity contribution in [3.05, 3.63) is 10.9 Å². The van der Waals surface area contributed by atoms with Crippen LogP contribution in [-0.2, 0) is 9.59 Å². The molecule has 0 N–H and O–H groups in total. The topological polar surface area (TPSA) is 37.4 Å².